The standard InChI is InChI=1S/C18H24N4O2.C16H15FN4O/c1-3-7-13(12-14(24)4-2)20-18-21-16-9-6-5-8-15(16)17(22-18)19-10-11-23;17-12-6-2-4-8-14(12)20-16-19-13-7-3-1-5-11(13)15(21-16)18-9-10-22/h5-9,12,23-24H,3-4,10-11H2,1-2H3,(H2,19,20,21,22);1-8,22H,9-10H2,(H2,18,19,20,21)/b13-7+,14-12+;. The predicted octanol–water partition coefficient (Wildman–Crippen LogP) is 6.51. The van der Waals surface area contributed by atoms with Crippen LogP contribution in [0.5, 0.6) is 0 Å². The van der Waals surface area contributed by atoms with Gasteiger partial charge in [0.25, 0.3) is 0 Å². The van der Waals surface area contributed by atoms with Gasteiger partial charge in [-0.2, -0.15) is 9.97 Å². The maximum absolute atomic E-state index is 13.7. The predicted molar refractivity (Wildman–Crippen MR) is 183 cm³/mol. The number of anilines is 5. The van der Waals surface area contributed by atoms with Crippen LogP contribution in [0.15, 0.2) is 96.4 Å². The van der Waals surface area contributed by atoms with Crippen LogP contribution in [0.1, 0.15) is 26.7 Å². The Morgan fingerprint density at radius 3 is 1.85 bits per heavy atom. The van der Waals surface area contributed by atoms with E-state index in [1.54, 1.807) is 24.3 Å². The number of hydrogen-bond acceptors (Lipinski definition) is 11. The van der Waals surface area contributed by atoms with Crippen molar-refractivity contribution in [1.29, 1.82) is 0 Å². The number of aromatic nitrogens is 4. The molecule has 11 nitrogen and oxygen atoms in total. The third kappa shape index (κ3) is 9.34. The van der Waals surface area contributed by atoms with Gasteiger partial charge in [0.2, 0.25) is 11.9 Å². The first-order chi connectivity index (χ1) is 22.4. The summed E-state index contributed by atoms with van der Waals surface area (Å²) in [5.74, 6) is 1.92. The first kappa shape index (κ1) is 33.6. The molecule has 46 heavy (non-hydrogen) atoms. The summed E-state index contributed by atoms with van der Waals surface area (Å²) in [7, 11) is 0. The summed E-state index contributed by atoms with van der Waals surface area (Å²) in [6.45, 7) is 4.71. The van der Waals surface area contributed by atoms with Crippen molar-refractivity contribution < 1.29 is 19.7 Å². The number of aliphatic hydroxyl groups is 3. The van der Waals surface area contributed by atoms with Crippen LogP contribution in [0.2, 0.25) is 0 Å². The molecule has 0 aliphatic heterocycles. The molecule has 3 aromatic carbocycles. The molecule has 0 atom stereocenters. The van der Waals surface area contributed by atoms with Crippen molar-refractivity contribution in [3.05, 3.63) is 102 Å². The number of nitrogens with one attached hydrogen (secondary N) is 4. The average molecular weight is 627 g/mol. The highest BCUT2D eigenvalue weighted by molar-refractivity contribution is 5.91. The zero-order valence-corrected chi connectivity index (χ0v) is 25.8. The molecular formula is C34H39FN8O3. The van der Waals surface area contributed by atoms with E-state index in [0.717, 1.165) is 33.9 Å². The number of nitrogens with zero attached hydrogens (tertiary/aromatic N) is 4. The molecule has 0 unspecified atom stereocenters. The monoisotopic (exact) mass is 626 g/mol. The topological polar surface area (TPSA) is 160 Å². The van der Waals surface area contributed by atoms with E-state index in [1.165, 1.54) is 6.07 Å². The van der Waals surface area contributed by atoms with Crippen LogP contribution in [0, 0.1) is 5.82 Å². The quantitative estimate of drug-likeness (QED) is 0.0564. The van der Waals surface area contributed by atoms with Crippen molar-refractivity contribution in [1.82, 2.24) is 19.9 Å². The van der Waals surface area contributed by atoms with Crippen LogP contribution in [0.3, 0.4) is 0 Å². The van der Waals surface area contributed by atoms with Crippen molar-refractivity contribution >= 4 is 51.0 Å². The lowest BCUT2D eigenvalue weighted by atomic mass is 10.2. The van der Waals surface area contributed by atoms with Gasteiger partial charge in [0.1, 0.15) is 17.5 Å². The lowest BCUT2D eigenvalue weighted by molar-refractivity contribution is 0.310. The number of rotatable bonds is 13. The van der Waals surface area contributed by atoms with Gasteiger partial charge in [-0.3, -0.25) is 0 Å². The van der Waals surface area contributed by atoms with E-state index >= 15 is 0 Å². The van der Waals surface area contributed by atoms with E-state index in [4.69, 9.17) is 10.2 Å². The fraction of sp³-hybridized carbons (Fsp3) is 0.235. The van der Waals surface area contributed by atoms with Gasteiger partial charge in [0.15, 0.2) is 0 Å². The minimum atomic E-state index is -0.371. The van der Waals surface area contributed by atoms with Crippen LogP contribution >= 0.6 is 0 Å². The molecule has 0 spiro atoms. The maximum Gasteiger partial charge on any atom is 0.229 e. The molecular weight excluding hydrogens is 587 g/mol. The van der Waals surface area contributed by atoms with Gasteiger partial charge >= 0.3 is 0 Å². The normalized spacial score (nSPS) is 11.6. The van der Waals surface area contributed by atoms with E-state index in [1.807, 2.05) is 68.5 Å². The number of fused-ring (bicyclic) bond motifs is 2. The van der Waals surface area contributed by atoms with Crippen molar-refractivity contribution in [3.63, 3.8) is 0 Å². The van der Waals surface area contributed by atoms with Gasteiger partial charge in [0.05, 0.1) is 35.7 Å². The molecule has 5 aromatic rings. The number of halogens is 1. The summed E-state index contributed by atoms with van der Waals surface area (Å²) in [6.07, 6.45) is 5.03. The second-order valence-corrected chi connectivity index (χ2v) is 9.91. The molecule has 7 N–H and O–H groups in total. The highest BCUT2D eigenvalue weighted by atomic mass is 19.1. The van der Waals surface area contributed by atoms with Crippen LogP contribution in [0.25, 0.3) is 21.8 Å². The largest absolute Gasteiger partial charge is 0.512 e. The summed E-state index contributed by atoms with van der Waals surface area (Å²) in [5.41, 5.74) is 2.60. The molecule has 0 radical (unpaired) electrons. The van der Waals surface area contributed by atoms with Crippen LogP contribution in [0.4, 0.5) is 33.6 Å². The van der Waals surface area contributed by atoms with Gasteiger partial charge < -0.3 is 36.6 Å². The number of benzene rings is 3. The van der Waals surface area contributed by atoms with E-state index < -0.39 is 0 Å². The van der Waals surface area contributed by atoms with Crippen molar-refractivity contribution in [3.8, 4) is 0 Å². The maximum atomic E-state index is 13.7. The van der Waals surface area contributed by atoms with Gasteiger partial charge in [0, 0.05) is 36.0 Å². The van der Waals surface area contributed by atoms with Crippen molar-refractivity contribution in [2.75, 3.05) is 47.6 Å². The molecule has 0 amide bonds. The number of aliphatic hydroxyl groups excluding tert-OH is 3. The molecule has 5 rings (SSSR count). The van der Waals surface area contributed by atoms with Crippen molar-refractivity contribution in [2.24, 2.45) is 0 Å². The molecule has 0 aliphatic carbocycles. The zero-order chi connectivity index (χ0) is 32.7. The summed E-state index contributed by atoms with van der Waals surface area (Å²) in [4.78, 5) is 17.8. The Balaban J connectivity index is 0.000000209. The first-order valence-corrected chi connectivity index (χ1v) is 15.1. The highest BCUT2D eigenvalue weighted by Crippen LogP contribution is 2.25. The van der Waals surface area contributed by atoms with Gasteiger partial charge in [-0.1, -0.05) is 56.3 Å². The number of hydrogen-bond donors (Lipinski definition) is 7. The zero-order valence-electron chi connectivity index (χ0n) is 25.8. The fourth-order valence-corrected chi connectivity index (χ4v) is 4.34. The van der Waals surface area contributed by atoms with Gasteiger partial charge in [-0.25, -0.2) is 14.4 Å². The molecule has 0 fully saturated rings. The molecule has 2 aromatic heterocycles. The van der Waals surface area contributed by atoms with Crippen LogP contribution in [-0.4, -0.2) is 61.6 Å². The number of para-hydroxylation sites is 3. The molecule has 0 bridgehead atoms. The molecule has 0 saturated heterocycles. The smallest absolute Gasteiger partial charge is 0.229 e. The third-order valence-corrected chi connectivity index (χ3v) is 6.50. The van der Waals surface area contributed by atoms with E-state index in [2.05, 4.69) is 41.2 Å². The van der Waals surface area contributed by atoms with E-state index in [9.17, 15) is 9.50 Å². The minimum absolute atomic E-state index is 0.00555. The van der Waals surface area contributed by atoms with E-state index in [0.29, 0.717) is 54.5 Å². The summed E-state index contributed by atoms with van der Waals surface area (Å²) in [6, 6.07) is 21.5. The summed E-state index contributed by atoms with van der Waals surface area (Å²) >= 11 is 0. The third-order valence-electron chi connectivity index (χ3n) is 6.50. The second kappa shape index (κ2) is 17.2. The van der Waals surface area contributed by atoms with E-state index in [-0.39, 0.29) is 19.0 Å². The van der Waals surface area contributed by atoms with Gasteiger partial charge in [-0.15, -0.1) is 0 Å². The minimum Gasteiger partial charge on any atom is -0.512 e. The van der Waals surface area contributed by atoms with Crippen LogP contribution < -0.4 is 21.3 Å². The molecule has 12 heteroatoms. The summed E-state index contributed by atoms with van der Waals surface area (Å²) in [5, 5.41) is 41.7. The highest BCUT2D eigenvalue weighted by Gasteiger charge is 2.10. The Hall–Kier alpha value is -5.33. The lowest BCUT2D eigenvalue weighted by Crippen LogP contribution is -2.10. The Kier molecular flexibility index (Phi) is 12.6. The van der Waals surface area contributed by atoms with Crippen molar-refractivity contribution in [2.45, 2.75) is 26.7 Å². The molecule has 2 heterocycles. The Labute approximate surface area is 267 Å². The second-order valence-electron chi connectivity index (χ2n) is 9.91. The number of allylic oxidation sites excluding steroid dienone is 3. The molecule has 240 valence electrons. The van der Waals surface area contributed by atoms with Crippen LogP contribution in [-0.2, 0) is 0 Å². The average Bonchev–Trinajstić information content (AvgIpc) is 3.07. The Morgan fingerprint density at radius 1 is 0.739 bits per heavy atom. The summed E-state index contributed by atoms with van der Waals surface area (Å²) < 4.78 is 13.7. The fourth-order valence-electron chi connectivity index (χ4n) is 4.34. The van der Waals surface area contributed by atoms with Gasteiger partial charge in [-0.05, 0) is 48.9 Å². The SMILES string of the molecule is CC/C=C(\C=C(\O)CC)Nc1nc(NCCO)c2ccccc2n1.OCCNc1nc(Nc2ccccc2F)nc2ccccc12. The first-order valence-electron chi connectivity index (χ1n) is 15.1. The lowest BCUT2D eigenvalue weighted by Gasteiger charge is -2.12. The Bertz CT molecular complexity index is 1800. The molecule has 0 saturated carbocycles. The molecule has 0 aliphatic rings. The Morgan fingerprint density at radius 2 is 1.28 bits per heavy atom.